The molecule has 2 aromatic carbocycles. The number of para-hydroxylation sites is 1. The maximum Gasteiger partial charge on any atom is 0.310 e. The third-order valence-corrected chi connectivity index (χ3v) is 4.86. The molecule has 25 heavy (non-hydrogen) atoms. The molecule has 0 amide bonds. The van der Waals surface area contributed by atoms with Crippen molar-refractivity contribution in [1.29, 1.82) is 0 Å². The van der Waals surface area contributed by atoms with Crippen LogP contribution in [0.1, 0.15) is 11.3 Å². The van der Waals surface area contributed by atoms with E-state index in [2.05, 4.69) is 10.3 Å². The number of nitrogens with one attached hydrogen (secondary N) is 1. The Morgan fingerprint density at radius 3 is 2.52 bits per heavy atom. The number of benzene rings is 2. The minimum Gasteiger partial charge on any atom is -0.459 e. The normalized spacial score (nSPS) is 10.5. The van der Waals surface area contributed by atoms with E-state index in [4.69, 9.17) is 27.9 Å². The molecule has 0 unspecified atom stereocenters. The SMILES string of the molecule is O=C(Cc1c(Cl)cccc1Cl)OCc1csc(Nc2ccccc2)n1. The van der Waals surface area contributed by atoms with Crippen molar-refractivity contribution in [1.82, 2.24) is 4.98 Å². The molecule has 1 N–H and O–H groups in total. The fourth-order valence-electron chi connectivity index (χ4n) is 2.13. The zero-order chi connectivity index (χ0) is 17.6. The molecule has 0 atom stereocenters. The van der Waals surface area contributed by atoms with Gasteiger partial charge in [0.05, 0.1) is 12.1 Å². The molecule has 3 rings (SSSR count). The summed E-state index contributed by atoms with van der Waals surface area (Å²) >= 11 is 13.6. The van der Waals surface area contributed by atoms with Crippen molar-refractivity contribution in [3.8, 4) is 0 Å². The number of nitrogens with zero attached hydrogens (tertiary/aromatic N) is 1. The van der Waals surface area contributed by atoms with Crippen LogP contribution in [0.4, 0.5) is 10.8 Å². The lowest BCUT2D eigenvalue weighted by Crippen LogP contribution is -2.09. The van der Waals surface area contributed by atoms with Crippen LogP contribution in [0.2, 0.25) is 10.0 Å². The third kappa shape index (κ3) is 4.95. The van der Waals surface area contributed by atoms with Gasteiger partial charge in [0, 0.05) is 26.7 Å². The van der Waals surface area contributed by atoms with Gasteiger partial charge in [0.15, 0.2) is 5.13 Å². The summed E-state index contributed by atoms with van der Waals surface area (Å²) in [6.07, 6.45) is 0.0256. The minimum atomic E-state index is -0.402. The van der Waals surface area contributed by atoms with Crippen LogP contribution in [0, 0.1) is 0 Å². The molecule has 1 aromatic heterocycles. The molecule has 7 heteroatoms. The zero-order valence-electron chi connectivity index (χ0n) is 13.0. The number of hydrogen-bond acceptors (Lipinski definition) is 5. The van der Waals surface area contributed by atoms with Crippen molar-refractivity contribution in [2.24, 2.45) is 0 Å². The topological polar surface area (TPSA) is 51.2 Å². The van der Waals surface area contributed by atoms with Crippen LogP contribution >= 0.6 is 34.5 Å². The first-order valence-corrected chi connectivity index (χ1v) is 9.10. The highest BCUT2D eigenvalue weighted by atomic mass is 35.5. The smallest absolute Gasteiger partial charge is 0.310 e. The summed E-state index contributed by atoms with van der Waals surface area (Å²) in [5.41, 5.74) is 2.20. The Morgan fingerprint density at radius 1 is 1.08 bits per heavy atom. The molecule has 0 aliphatic rings. The van der Waals surface area contributed by atoms with E-state index in [1.54, 1.807) is 18.2 Å². The van der Waals surface area contributed by atoms with Crippen LogP contribution in [0.25, 0.3) is 0 Å². The average Bonchev–Trinajstić information content (AvgIpc) is 3.05. The van der Waals surface area contributed by atoms with Gasteiger partial charge in [-0.15, -0.1) is 11.3 Å². The van der Waals surface area contributed by atoms with Gasteiger partial charge in [-0.25, -0.2) is 4.98 Å². The molecule has 1 heterocycles. The van der Waals surface area contributed by atoms with Crippen LogP contribution in [-0.2, 0) is 22.6 Å². The van der Waals surface area contributed by atoms with Gasteiger partial charge in [0.2, 0.25) is 0 Å². The monoisotopic (exact) mass is 392 g/mol. The molecule has 128 valence electrons. The van der Waals surface area contributed by atoms with Gasteiger partial charge in [0.25, 0.3) is 0 Å². The Labute approximate surface area is 159 Å². The predicted octanol–water partition coefficient (Wildman–Crippen LogP) is 5.48. The first-order valence-electron chi connectivity index (χ1n) is 7.47. The lowest BCUT2D eigenvalue weighted by atomic mass is 10.1. The van der Waals surface area contributed by atoms with Crippen LogP contribution < -0.4 is 5.32 Å². The van der Waals surface area contributed by atoms with E-state index >= 15 is 0 Å². The fraction of sp³-hybridized carbons (Fsp3) is 0.111. The molecule has 0 aliphatic carbocycles. The number of carbonyl (C=O) groups excluding carboxylic acids is 1. The van der Waals surface area contributed by atoms with Crippen molar-refractivity contribution in [2.45, 2.75) is 13.0 Å². The van der Waals surface area contributed by atoms with Crippen molar-refractivity contribution in [3.05, 3.63) is 75.2 Å². The van der Waals surface area contributed by atoms with Crippen LogP contribution in [0.3, 0.4) is 0 Å². The summed E-state index contributed by atoms with van der Waals surface area (Å²) < 4.78 is 5.27. The summed E-state index contributed by atoms with van der Waals surface area (Å²) in [4.78, 5) is 16.4. The molecule has 4 nitrogen and oxygen atoms in total. The van der Waals surface area contributed by atoms with Crippen molar-refractivity contribution in [3.63, 3.8) is 0 Å². The summed E-state index contributed by atoms with van der Waals surface area (Å²) in [5.74, 6) is -0.402. The van der Waals surface area contributed by atoms with Gasteiger partial charge in [-0.2, -0.15) is 0 Å². The van der Waals surface area contributed by atoms with E-state index < -0.39 is 5.97 Å². The van der Waals surface area contributed by atoms with Gasteiger partial charge in [-0.1, -0.05) is 47.5 Å². The van der Waals surface area contributed by atoms with Gasteiger partial charge >= 0.3 is 5.97 Å². The Hall–Kier alpha value is -2.08. The number of aromatic nitrogens is 1. The standard InChI is InChI=1S/C18H14Cl2N2O2S/c19-15-7-4-8-16(20)14(15)9-17(23)24-10-13-11-25-18(22-13)21-12-5-2-1-3-6-12/h1-8,11H,9-10H2,(H,21,22). The van der Waals surface area contributed by atoms with E-state index in [0.29, 0.717) is 21.3 Å². The minimum absolute atomic E-state index is 0.0256. The summed E-state index contributed by atoms with van der Waals surface area (Å²) in [5, 5.41) is 6.69. The van der Waals surface area contributed by atoms with Gasteiger partial charge in [-0.3, -0.25) is 4.79 Å². The number of halogens is 2. The highest BCUT2D eigenvalue weighted by molar-refractivity contribution is 7.13. The summed E-state index contributed by atoms with van der Waals surface area (Å²) in [6, 6.07) is 14.9. The Kier molecular flexibility index (Phi) is 5.91. The number of rotatable bonds is 6. The number of ether oxygens (including phenoxy) is 1. The summed E-state index contributed by atoms with van der Waals surface area (Å²) in [6.45, 7) is 0.105. The van der Waals surface area contributed by atoms with Gasteiger partial charge in [0.1, 0.15) is 6.61 Å². The Balaban J connectivity index is 1.54. The lowest BCUT2D eigenvalue weighted by Gasteiger charge is -2.07. The number of hydrogen-bond donors (Lipinski definition) is 1. The van der Waals surface area contributed by atoms with E-state index in [1.807, 2.05) is 35.7 Å². The quantitative estimate of drug-likeness (QED) is 0.564. The first-order chi connectivity index (χ1) is 12.1. The fourth-order valence-corrected chi connectivity index (χ4v) is 3.37. The number of thiazole rings is 1. The second-order valence-corrected chi connectivity index (χ2v) is 6.85. The van der Waals surface area contributed by atoms with Crippen LogP contribution in [0.5, 0.6) is 0 Å². The molecule has 3 aromatic rings. The highest BCUT2D eigenvalue weighted by Gasteiger charge is 2.13. The molecule has 0 saturated carbocycles. The van der Waals surface area contributed by atoms with Crippen molar-refractivity contribution in [2.75, 3.05) is 5.32 Å². The largest absolute Gasteiger partial charge is 0.459 e. The van der Waals surface area contributed by atoms with Gasteiger partial charge < -0.3 is 10.1 Å². The second kappa shape index (κ2) is 8.34. The molecule has 0 radical (unpaired) electrons. The number of esters is 1. The molecule has 0 fully saturated rings. The first kappa shape index (κ1) is 17.7. The molecule has 0 aliphatic heterocycles. The van der Waals surface area contributed by atoms with E-state index in [0.717, 1.165) is 10.8 Å². The molecule has 0 spiro atoms. The lowest BCUT2D eigenvalue weighted by molar-refractivity contribution is -0.144. The second-order valence-electron chi connectivity index (χ2n) is 5.17. The molecule has 0 bridgehead atoms. The average molecular weight is 393 g/mol. The van der Waals surface area contributed by atoms with Crippen LogP contribution in [-0.4, -0.2) is 11.0 Å². The van der Waals surface area contributed by atoms with Crippen molar-refractivity contribution < 1.29 is 9.53 Å². The Bertz CT molecular complexity index is 848. The van der Waals surface area contributed by atoms with E-state index in [9.17, 15) is 4.79 Å². The summed E-state index contributed by atoms with van der Waals surface area (Å²) in [7, 11) is 0. The molecule has 0 saturated heterocycles. The van der Waals surface area contributed by atoms with Crippen LogP contribution in [0.15, 0.2) is 53.9 Å². The molecular weight excluding hydrogens is 379 g/mol. The molecular formula is C18H14Cl2N2O2S. The number of anilines is 2. The highest BCUT2D eigenvalue weighted by Crippen LogP contribution is 2.25. The third-order valence-electron chi connectivity index (χ3n) is 3.34. The predicted molar refractivity (Wildman–Crippen MR) is 102 cm³/mol. The maximum atomic E-state index is 12.0. The van der Waals surface area contributed by atoms with Gasteiger partial charge in [-0.05, 0) is 24.3 Å². The number of carbonyl (C=O) groups is 1. The maximum absolute atomic E-state index is 12.0. The van der Waals surface area contributed by atoms with E-state index in [-0.39, 0.29) is 13.0 Å². The Morgan fingerprint density at radius 2 is 1.80 bits per heavy atom. The zero-order valence-corrected chi connectivity index (χ0v) is 15.4. The van der Waals surface area contributed by atoms with E-state index in [1.165, 1.54) is 11.3 Å². The van der Waals surface area contributed by atoms with Crippen molar-refractivity contribution >= 4 is 51.3 Å².